The Kier molecular flexibility index (Phi) is 4.35. The Morgan fingerprint density at radius 1 is 1.00 bits per heavy atom. The van der Waals surface area contributed by atoms with Gasteiger partial charge in [-0.2, -0.15) is 0 Å². The largest absolute Gasteiger partial charge is 0.310 e. The second kappa shape index (κ2) is 6.40. The monoisotopic (exact) mass is 283 g/mol. The molecule has 0 amide bonds. The van der Waals surface area contributed by atoms with Crippen molar-refractivity contribution < 1.29 is 4.39 Å². The Balaban J connectivity index is 1.64. The smallest absolute Gasteiger partial charge is 0.126 e. The molecule has 0 aromatic heterocycles. The summed E-state index contributed by atoms with van der Waals surface area (Å²) >= 11 is 0. The molecule has 21 heavy (non-hydrogen) atoms. The lowest BCUT2D eigenvalue weighted by molar-refractivity contribution is 0.433. The molecule has 0 bridgehead atoms. The SMILES string of the molecule is CC1CCC(NCCc2ccccc2F)c2ccccc21. The Morgan fingerprint density at radius 2 is 1.71 bits per heavy atom. The van der Waals surface area contributed by atoms with E-state index in [9.17, 15) is 4.39 Å². The van der Waals surface area contributed by atoms with Crippen molar-refractivity contribution in [2.75, 3.05) is 6.54 Å². The number of benzene rings is 2. The number of hydrogen-bond donors (Lipinski definition) is 1. The normalized spacial score (nSPS) is 21.0. The molecule has 0 fully saturated rings. The van der Waals surface area contributed by atoms with E-state index >= 15 is 0 Å². The molecule has 1 nitrogen and oxygen atoms in total. The third-order valence-electron chi connectivity index (χ3n) is 4.53. The van der Waals surface area contributed by atoms with Crippen LogP contribution in [-0.4, -0.2) is 6.54 Å². The number of hydrogen-bond acceptors (Lipinski definition) is 1. The Morgan fingerprint density at radius 3 is 2.52 bits per heavy atom. The third-order valence-corrected chi connectivity index (χ3v) is 4.53. The number of nitrogens with one attached hydrogen (secondary N) is 1. The first-order valence-electron chi connectivity index (χ1n) is 7.81. The van der Waals surface area contributed by atoms with Crippen LogP contribution in [0.5, 0.6) is 0 Å². The molecular weight excluding hydrogens is 261 g/mol. The first kappa shape index (κ1) is 14.3. The maximum Gasteiger partial charge on any atom is 0.126 e. The zero-order valence-electron chi connectivity index (χ0n) is 12.5. The predicted molar refractivity (Wildman–Crippen MR) is 84.9 cm³/mol. The second-order valence-electron chi connectivity index (χ2n) is 5.96. The summed E-state index contributed by atoms with van der Waals surface area (Å²) in [6.07, 6.45) is 3.12. The summed E-state index contributed by atoms with van der Waals surface area (Å²) < 4.78 is 13.6. The molecule has 0 heterocycles. The van der Waals surface area contributed by atoms with Crippen molar-refractivity contribution in [1.29, 1.82) is 0 Å². The lowest BCUT2D eigenvalue weighted by atomic mass is 9.81. The highest BCUT2D eigenvalue weighted by atomic mass is 19.1. The maximum atomic E-state index is 13.6. The topological polar surface area (TPSA) is 12.0 Å². The van der Waals surface area contributed by atoms with Crippen LogP contribution in [0.3, 0.4) is 0 Å². The summed E-state index contributed by atoms with van der Waals surface area (Å²) in [5, 5.41) is 3.61. The van der Waals surface area contributed by atoms with Crippen LogP contribution in [-0.2, 0) is 6.42 Å². The van der Waals surface area contributed by atoms with E-state index in [2.05, 4.69) is 36.5 Å². The van der Waals surface area contributed by atoms with Crippen LogP contribution < -0.4 is 5.32 Å². The molecule has 2 aromatic rings. The maximum absolute atomic E-state index is 13.6. The van der Waals surface area contributed by atoms with Gasteiger partial charge in [0.2, 0.25) is 0 Å². The predicted octanol–water partition coefficient (Wildman–Crippen LogP) is 4.60. The van der Waals surface area contributed by atoms with Crippen LogP contribution in [0.4, 0.5) is 4.39 Å². The average molecular weight is 283 g/mol. The minimum Gasteiger partial charge on any atom is -0.310 e. The highest BCUT2D eigenvalue weighted by Crippen LogP contribution is 2.36. The van der Waals surface area contributed by atoms with Gasteiger partial charge in [0.05, 0.1) is 0 Å². The van der Waals surface area contributed by atoms with Gasteiger partial charge >= 0.3 is 0 Å². The van der Waals surface area contributed by atoms with Gasteiger partial charge in [-0.15, -0.1) is 0 Å². The Bertz CT molecular complexity index is 608. The number of halogens is 1. The van der Waals surface area contributed by atoms with Crippen LogP contribution >= 0.6 is 0 Å². The molecule has 2 heteroatoms. The summed E-state index contributed by atoms with van der Waals surface area (Å²) in [4.78, 5) is 0. The number of rotatable bonds is 4. The van der Waals surface area contributed by atoms with Crippen molar-refractivity contribution in [3.8, 4) is 0 Å². The van der Waals surface area contributed by atoms with Crippen LogP contribution in [0.1, 0.15) is 48.4 Å². The molecular formula is C19H22FN. The van der Waals surface area contributed by atoms with Crippen molar-refractivity contribution in [3.63, 3.8) is 0 Å². The summed E-state index contributed by atoms with van der Waals surface area (Å²) in [5.74, 6) is 0.544. The van der Waals surface area contributed by atoms with Crippen LogP contribution in [0, 0.1) is 5.82 Å². The highest BCUT2D eigenvalue weighted by Gasteiger charge is 2.23. The van der Waals surface area contributed by atoms with E-state index in [-0.39, 0.29) is 5.82 Å². The summed E-state index contributed by atoms with van der Waals surface area (Å²) in [5.41, 5.74) is 3.68. The fourth-order valence-corrected chi connectivity index (χ4v) is 3.30. The standard InChI is InChI=1S/C19H22FN/c1-14-10-11-19(17-8-4-3-7-16(14)17)21-13-12-15-6-2-5-9-18(15)20/h2-9,14,19,21H,10-13H2,1H3. The molecule has 1 aliphatic carbocycles. The van der Waals surface area contributed by atoms with E-state index in [0.29, 0.717) is 12.0 Å². The van der Waals surface area contributed by atoms with Crippen LogP contribution in [0.25, 0.3) is 0 Å². The lowest BCUT2D eigenvalue weighted by Crippen LogP contribution is -2.28. The van der Waals surface area contributed by atoms with Crippen molar-refractivity contribution in [1.82, 2.24) is 5.32 Å². The van der Waals surface area contributed by atoms with E-state index in [1.54, 1.807) is 6.07 Å². The first-order chi connectivity index (χ1) is 10.3. The molecule has 2 aromatic carbocycles. The molecule has 0 radical (unpaired) electrons. The van der Waals surface area contributed by atoms with E-state index in [1.807, 2.05) is 12.1 Å². The fraction of sp³-hybridized carbons (Fsp3) is 0.368. The molecule has 0 saturated heterocycles. The van der Waals surface area contributed by atoms with Crippen molar-refractivity contribution in [2.45, 2.75) is 38.1 Å². The van der Waals surface area contributed by atoms with Crippen LogP contribution in [0.15, 0.2) is 48.5 Å². The molecule has 0 spiro atoms. The van der Waals surface area contributed by atoms with E-state index in [0.717, 1.165) is 24.9 Å². The van der Waals surface area contributed by atoms with Gasteiger partial charge in [-0.05, 0) is 54.5 Å². The molecule has 2 atom stereocenters. The zero-order valence-corrected chi connectivity index (χ0v) is 12.5. The Labute approximate surface area is 126 Å². The van der Waals surface area contributed by atoms with Gasteiger partial charge in [0.15, 0.2) is 0 Å². The first-order valence-corrected chi connectivity index (χ1v) is 7.81. The van der Waals surface area contributed by atoms with E-state index in [1.165, 1.54) is 23.6 Å². The third kappa shape index (κ3) is 3.16. The van der Waals surface area contributed by atoms with Crippen LogP contribution in [0.2, 0.25) is 0 Å². The molecule has 2 unspecified atom stereocenters. The summed E-state index contributed by atoms with van der Waals surface area (Å²) in [6.45, 7) is 3.11. The lowest BCUT2D eigenvalue weighted by Gasteiger charge is -2.30. The van der Waals surface area contributed by atoms with Gasteiger partial charge in [-0.3, -0.25) is 0 Å². The second-order valence-corrected chi connectivity index (χ2v) is 5.96. The van der Waals surface area contributed by atoms with Gasteiger partial charge in [0.1, 0.15) is 5.82 Å². The molecule has 1 N–H and O–H groups in total. The van der Waals surface area contributed by atoms with Crippen molar-refractivity contribution >= 4 is 0 Å². The quantitative estimate of drug-likeness (QED) is 0.865. The van der Waals surface area contributed by atoms with Crippen molar-refractivity contribution in [3.05, 3.63) is 71.0 Å². The summed E-state index contributed by atoms with van der Waals surface area (Å²) in [6, 6.07) is 16.2. The number of fused-ring (bicyclic) bond motifs is 1. The highest BCUT2D eigenvalue weighted by molar-refractivity contribution is 5.35. The molecule has 110 valence electrons. The van der Waals surface area contributed by atoms with E-state index in [4.69, 9.17) is 0 Å². The van der Waals surface area contributed by atoms with Crippen molar-refractivity contribution in [2.24, 2.45) is 0 Å². The molecule has 0 saturated carbocycles. The minimum absolute atomic E-state index is 0.100. The minimum atomic E-state index is -0.100. The van der Waals surface area contributed by atoms with Gasteiger partial charge in [-0.25, -0.2) is 4.39 Å². The molecule has 0 aliphatic heterocycles. The average Bonchev–Trinajstić information content (AvgIpc) is 2.52. The zero-order chi connectivity index (χ0) is 14.7. The van der Waals surface area contributed by atoms with E-state index < -0.39 is 0 Å². The van der Waals surface area contributed by atoms with Gasteiger partial charge in [0.25, 0.3) is 0 Å². The fourth-order valence-electron chi connectivity index (χ4n) is 3.30. The summed E-state index contributed by atoms with van der Waals surface area (Å²) in [7, 11) is 0. The van der Waals surface area contributed by atoms with Gasteiger partial charge in [-0.1, -0.05) is 49.4 Å². The Hall–Kier alpha value is -1.67. The molecule has 1 aliphatic rings. The molecule has 3 rings (SSSR count). The van der Waals surface area contributed by atoms with Gasteiger partial charge in [0, 0.05) is 6.04 Å². The van der Waals surface area contributed by atoms with Gasteiger partial charge < -0.3 is 5.32 Å².